The SMILES string of the molecule is [CH2]CCCSCCCCCC. The van der Waals surface area contributed by atoms with Crippen LogP contribution in [0, 0.1) is 6.92 Å². The zero-order valence-electron chi connectivity index (χ0n) is 7.77. The Hall–Kier alpha value is 0.350. The molecule has 0 heterocycles. The maximum Gasteiger partial charge on any atom is -0.00675 e. The molecule has 1 radical (unpaired) electrons. The van der Waals surface area contributed by atoms with Gasteiger partial charge < -0.3 is 0 Å². The fourth-order valence-electron chi connectivity index (χ4n) is 0.937. The summed E-state index contributed by atoms with van der Waals surface area (Å²) in [6.07, 6.45) is 7.99. The summed E-state index contributed by atoms with van der Waals surface area (Å²) >= 11 is 2.09. The van der Waals surface area contributed by atoms with Crippen molar-refractivity contribution in [3.63, 3.8) is 0 Å². The van der Waals surface area contributed by atoms with Crippen molar-refractivity contribution in [1.29, 1.82) is 0 Å². The minimum Gasteiger partial charge on any atom is -0.162 e. The number of unbranched alkanes of at least 4 members (excludes halogenated alkanes) is 4. The average Bonchev–Trinajstić information content (AvgIpc) is 2.03. The van der Waals surface area contributed by atoms with E-state index >= 15 is 0 Å². The second-order valence-corrected chi connectivity index (χ2v) is 4.10. The maximum absolute atomic E-state index is 3.82. The molecule has 0 aromatic rings. The van der Waals surface area contributed by atoms with E-state index in [4.69, 9.17) is 0 Å². The summed E-state index contributed by atoms with van der Waals surface area (Å²) in [5.41, 5.74) is 0. The van der Waals surface area contributed by atoms with Crippen molar-refractivity contribution in [2.45, 2.75) is 45.4 Å². The van der Waals surface area contributed by atoms with E-state index in [2.05, 4.69) is 25.6 Å². The fourth-order valence-corrected chi connectivity index (χ4v) is 1.96. The van der Waals surface area contributed by atoms with Crippen molar-refractivity contribution in [2.75, 3.05) is 11.5 Å². The number of rotatable bonds is 8. The van der Waals surface area contributed by atoms with E-state index in [0.29, 0.717) is 0 Å². The molecule has 0 N–H and O–H groups in total. The van der Waals surface area contributed by atoms with Crippen LogP contribution in [0.25, 0.3) is 0 Å². The Labute approximate surface area is 76.1 Å². The minimum absolute atomic E-state index is 1.10. The zero-order chi connectivity index (χ0) is 8.36. The molecule has 0 saturated carbocycles. The van der Waals surface area contributed by atoms with E-state index in [0.717, 1.165) is 6.42 Å². The molecule has 0 atom stereocenters. The third kappa shape index (κ3) is 10.4. The number of thioether (sulfide) groups is 1. The Morgan fingerprint density at radius 2 is 1.73 bits per heavy atom. The molecule has 0 unspecified atom stereocenters. The summed E-state index contributed by atoms with van der Waals surface area (Å²) < 4.78 is 0. The molecular formula is C10H21S. The molecule has 1 heteroatoms. The van der Waals surface area contributed by atoms with Gasteiger partial charge in [0.25, 0.3) is 0 Å². The summed E-state index contributed by atoms with van der Waals surface area (Å²) in [6.45, 7) is 6.08. The summed E-state index contributed by atoms with van der Waals surface area (Å²) in [5.74, 6) is 2.68. The molecule has 0 aliphatic carbocycles. The standard InChI is InChI=1S/C10H21S/c1-3-5-7-8-10-11-9-6-4-2/h2-10H2,1H3. The molecule has 11 heavy (non-hydrogen) atoms. The second kappa shape index (κ2) is 10.3. The largest absolute Gasteiger partial charge is 0.162 e. The Morgan fingerprint density at radius 3 is 2.36 bits per heavy atom. The van der Waals surface area contributed by atoms with Gasteiger partial charge in [-0.3, -0.25) is 0 Å². The van der Waals surface area contributed by atoms with Crippen LogP contribution in [0.4, 0.5) is 0 Å². The predicted molar refractivity (Wildman–Crippen MR) is 56.1 cm³/mol. The topological polar surface area (TPSA) is 0 Å². The van der Waals surface area contributed by atoms with Crippen molar-refractivity contribution in [3.8, 4) is 0 Å². The normalized spacial score (nSPS) is 10.4. The van der Waals surface area contributed by atoms with E-state index in [1.165, 1.54) is 43.6 Å². The van der Waals surface area contributed by atoms with Gasteiger partial charge in [-0.2, -0.15) is 11.8 Å². The molecule has 0 saturated heterocycles. The van der Waals surface area contributed by atoms with Gasteiger partial charge in [0, 0.05) is 0 Å². The van der Waals surface area contributed by atoms with Crippen LogP contribution >= 0.6 is 11.8 Å². The van der Waals surface area contributed by atoms with Gasteiger partial charge in [0.2, 0.25) is 0 Å². The van der Waals surface area contributed by atoms with Gasteiger partial charge in [-0.1, -0.05) is 39.5 Å². The Kier molecular flexibility index (Phi) is 10.7. The van der Waals surface area contributed by atoms with Crippen LogP contribution in [0.5, 0.6) is 0 Å². The first-order valence-electron chi connectivity index (χ1n) is 4.78. The molecule has 67 valence electrons. The molecule has 0 aliphatic heterocycles. The zero-order valence-corrected chi connectivity index (χ0v) is 8.59. The van der Waals surface area contributed by atoms with E-state index in [9.17, 15) is 0 Å². The van der Waals surface area contributed by atoms with E-state index in [1.54, 1.807) is 0 Å². The molecule has 0 aliphatic rings. The molecule has 0 amide bonds. The quantitative estimate of drug-likeness (QED) is 0.501. The van der Waals surface area contributed by atoms with Crippen molar-refractivity contribution in [1.82, 2.24) is 0 Å². The molecule has 0 bridgehead atoms. The van der Waals surface area contributed by atoms with Crippen LogP contribution in [0.3, 0.4) is 0 Å². The lowest BCUT2D eigenvalue weighted by Gasteiger charge is -1.99. The van der Waals surface area contributed by atoms with Crippen LogP contribution in [0.2, 0.25) is 0 Å². The van der Waals surface area contributed by atoms with Crippen molar-refractivity contribution in [2.24, 2.45) is 0 Å². The second-order valence-electron chi connectivity index (χ2n) is 2.88. The lowest BCUT2D eigenvalue weighted by Crippen LogP contribution is -1.83. The summed E-state index contributed by atoms with van der Waals surface area (Å²) in [7, 11) is 0. The molecule has 0 spiro atoms. The van der Waals surface area contributed by atoms with Gasteiger partial charge in [0.05, 0.1) is 0 Å². The molecule has 0 nitrogen and oxygen atoms in total. The van der Waals surface area contributed by atoms with E-state index in [1.807, 2.05) is 0 Å². The number of hydrogen-bond donors (Lipinski definition) is 0. The third-order valence-electron chi connectivity index (χ3n) is 1.68. The highest BCUT2D eigenvalue weighted by molar-refractivity contribution is 7.99. The molecule has 0 fully saturated rings. The molecule has 0 aromatic carbocycles. The van der Waals surface area contributed by atoms with E-state index in [-0.39, 0.29) is 0 Å². The van der Waals surface area contributed by atoms with Gasteiger partial charge in [0.1, 0.15) is 0 Å². The van der Waals surface area contributed by atoms with Gasteiger partial charge in [-0.15, -0.1) is 0 Å². The number of hydrogen-bond acceptors (Lipinski definition) is 1. The van der Waals surface area contributed by atoms with Crippen LogP contribution in [-0.2, 0) is 0 Å². The van der Waals surface area contributed by atoms with Crippen LogP contribution in [0.15, 0.2) is 0 Å². The summed E-state index contributed by atoms with van der Waals surface area (Å²) in [5, 5.41) is 0. The van der Waals surface area contributed by atoms with Crippen molar-refractivity contribution >= 4 is 11.8 Å². The van der Waals surface area contributed by atoms with E-state index < -0.39 is 0 Å². The summed E-state index contributed by atoms with van der Waals surface area (Å²) in [4.78, 5) is 0. The highest BCUT2D eigenvalue weighted by Gasteiger charge is 1.88. The Balaban J connectivity index is 2.69. The molecular weight excluding hydrogens is 152 g/mol. The average molecular weight is 173 g/mol. The maximum atomic E-state index is 3.82. The van der Waals surface area contributed by atoms with Gasteiger partial charge >= 0.3 is 0 Å². The first-order chi connectivity index (χ1) is 5.41. The monoisotopic (exact) mass is 173 g/mol. The third-order valence-corrected chi connectivity index (χ3v) is 2.84. The van der Waals surface area contributed by atoms with Crippen molar-refractivity contribution in [3.05, 3.63) is 6.92 Å². The van der Waals surface area contributed by atoms with Crippen LogP contribution in [0.1, 0.15) is 45.4 Å². The lowest BCUT2D eigenvalue weighted by molar-refractivity contribution is 0.706. The highest BCUT2D eigenvalue weighted by atomic mass is 32.2. The van der Waals surface area contributed by atoms with Gasteiger partial charge in [-0.25, -0.2) is 0 Å². The smallest absolute Gasteiger partial charge is 0.00675 e. The first-order valence-corrected chi connectivity index (χ1v) is 5.94. The van der Waals surface area contributed by atoms with Gasteiger partial charge in [0.15, 0.2) is 0 Å². The van der Waals surface area contributed by atoms with Crippen molar-refractivity contribution < 1.29 is 0 Å². The summed E-state index contributed by atoms with van der Waals surface area (Å²) in [6, 6.07) is 0. The fraction of sp³-hybridized carbons (Fsp3) is 0.900. The van der Waals surface area contributed by atoms with Gasteiger partial charge in [-0.05, 0) is 24.3 Å². The van der Waals surface area contributed by atoms with Crippen LogP contribution < -0.4 is 0 Å². The Bertz CT molecular complexity index is 53.9. The Morgan fingerprint density at radius 1 is 1.00 bits per heavy atom. The minimum atomic E-state index is 1.10. The molecule has 0 rings (SSSR count). The predicted octanol–water partition coefficient (Wildman–Crippen LogP) is 3.91. The van der Waals surface area contributed by atoms with Crippen LogP contribution in [-0.4, -0.2) is 11.5 Å². The molecule has 0 aromatic heterocycles. The lowest BCUT2D eigenvalue weighted by atomic mass is 10.2. The first kappa shape index (κ1) is 11.4. The highest BCUT2D eigenvalue weighted by Crippen LogP contribution is 2.09.